The lowest BCUT2D eigenvalue weighted by Crippen LogP contribution is -2.19. The zero-order chi connectivity index (χ0) is 8.15. The van der Waals surface area contributed by atoms with E-state index in [1.165, 1.54) is 0 Å². The number of nitrogens with one attached hydrogen (secondary N) is 1. The summed E-state index contributed by atoms with van der Waals surface area (Å²) in [5, 5.41) is 10.5. The van der Waals surface area contributed by atoms with Crippen molar-refractivity contribution in [3.8, 4) is 0 Å². The van der Waals surface area contributed by atoms with Gasteiger partial charge in [0.1, 0.15) is 5.70 Å². The molecule has 10 heavy (non-hydrogen) atoms. The molecular weight excluding hydrogens is 134 g/mol. The third-order valence-electron chi connectivity index (χ3n) is 0.917. The number of rotatable bonds is 3. The molecule has 56 valence electrons. The molecule has 0 saturated heterocycles. The molecule has 0 rings (SSSR count). The van der Waals surface area contributed by atoms with E-state index < -0.39 is 5.97 Å². The van der Waals surface area contributed by atoms with Crippen LogP contribution in [-0.2, 0) is 9.59 Å². The number of hydrogen-bond donors (Lipinski definition) is 2. The molecule has 0 fully saturated rings. The lowest BCUT2D eigenvalue weighted by molar-refractivity contribution is -0.133. The molecule has 4 nitrogen and oxygen atoms in total. The topological polar surface area (TPSA) is 66.4 Å². The molecule has 0 aliphatic rings. The second-order valence-electron chi connectivity index (χ2n) is 1.94. The van der Waals surface area contributed by atoms with Crippen molar-refractivity contribution in [2.45, 2.75) is 13.8 Å². The molecule has 4 heteroatoms. The number of carboxylic acids is 1. The van der Waals surface area contributed by atoms with Gasteiger partial charge in [0.15, 0.2) is 0 Å². The maximum atomic E-state index is 10.3. The minimum atomic E-state index is -1.12. The molecule has 0 aromatic rings. The maximum Gasteiger partial charge on any atom is 0.352 e. The SMILES string of the molecule is CC(C)=C(NC=O)C(=O)O. The van der Waals surface area contributed by atoms with Gasteiger partial charge in [-0.15, -0.1) is 0 Å². The van der Waals surface area contributed by atoms with Gasteiger partial charge >= 0.3 is 5.97 Å². The predicted octanol–water partition coefficient (Wildman–Crippen LogP) is 0.111. The van der Waals surface area contributed by atoms with Gasteiger partial charge in [0.05, 0.1) is 0 Å². The second-order valence-corrected chi connectivity index (χ2v) is 1.94. The Morgan fingerprint density at radius 2 is 2.00 bits per heavy atom. The molecule has 0 spiro atoms. The van der Waals surface area contributed by atoms with Gasteiger partial charge in [-0.1, -0.05) is 0 Å². The van der Waals surface area contributed by atoms with Crippen LogP contribution < -0.4 is 5.32 Å². The van der Waals surface area contributed by atoms with Crippen LogP contribution in [0.4, 0.5) is 0 Å². The Morgan fingerprint density at radius 1 is 1.50 bits per heavy atom. The molecule has 0 saturated carbocycles. The van der Waals surface area contributed by atoms with Crippen molar-refractivity contribution < 1.29 is 14.7 Å². The monoisotopic (exact) mass is 143 g/mol. The summed E-state index contributed by atoms with van der Waals surface area (Å²) < 4.78 is 0. The number of carboxylic acid groups (broad SMARTS) is 1. The maximum absolute atomic E-state index is 10.3. The van der Waals surface area contributed by atoms with Crippen molar-refractivity contribution in [2.75, 3.05) is 0 Å². The third kappa shape index (κ3) is 2.30. The first-order valence-electron chi connectivity index (χ1n) is 2.70. The predicted molar refractivity (Wildman–Crippen MR) is 35.2 cm³/mol. The van der Waals surface area contributed by atoms with Crippen LogP contribution in [0.1, 0.15) is 13.8 Å². The fraction of sp³-hybridized carbons (Fsp3) is 0.333. The van der Waals surface area contributed by atoms with E-state index in [0.29, 0.717) is 12.0 Å². The van der Waals surface area contributed by atoms with Crippen LogP contribution in [0.2, 0.25) is 0 Å². The summed E-state index contributed by atoms with van der Waals surface area (Å²) in [7, 11) is 0. The molecular formula is C6H9NO3. The Kier molecular flexibility index (Phi) is 3.17. The quantitative estimate of drug-likeness (QED) is 0.435. The highest BCUT2D eigenvalue weighted by Crippen LogP contribution is 1.97. The average Bonchev–Trinajstić information content (AvgIpc) is 1.81. The highest BCUT2D eigenvalue weighted by Gasteiger charge is 2.06. The Balaban J connectivity index is 4.42. The van der Waals surface area contributed by atoms with Crippen molar-refractivity contribution in [2.24, 2.45) is 0 Å². The standard InChI is InChI=1S/C6H9NO3/c1-4(2)5(6(9)10)7-3-8/h3H,1-2H3,(H,7,8)(H,9,10). The van der Waals surface area contributed by atoms with E-state index in [-0.39, 0.29) is 5.70 Å². The largest absolute Gasteiger partial charge is 0.477 e. The van der Waals surface area contributed by atoms with Crippen LogP contribution >= 0.6 is 0 Å². The van der Waals surface area contributed by atoms with Crippen LogP contribution in [0.5, 0.6) is 0 Å². The molecule has 2 N–H and O–H groups in total. The van der Waals surface area contributed by atoms with Gasteiger partial charge in [0.2, 0.25) is 6.41 Å². The van der Waals surface area contributed by atoms with Crippen LogP contribution in [0.3, 0.4) is 0 Å². The summed E-state index contributed by atoms with van der Waals surface area (Å²) in [6.45, 7) is 3.22. The summed E-state index contributed by atoms with van der Waals surface area (Å²) >= 11 is 0. The van der Waals surface area contributed by atoms with E-state index in [9.17, 15) is 9.59 Å². The van der Waals surface area contributed by atoms with Crippen molar-refractivity contribution in [3.63, 3.8) is 0 Å². The molecule has 0 unspecified atom stereocenters. The highest BCUT2D eigenvalue weighted by molar-refractivity contribution is 5.89. The first-order chi connectivity index (χ1) is 4.59. The molecule has 0 aliphatic heterocycles. The Morgan fingerprint density at radius 3 is 2.10 bits per heavy atom. The van der Waals surface area contributed by atoms with Crippen LogP contribution in [0.25, 0.3) is 0 Å². The Bertz CT molecular complexity index is 179. The molecule has 1 amide bonds. The number of amides is 1. The van der Waals surface area contributed by atoms with Crippen molar-refractivity contribution in [1.82, 2.24) is 5.32 Å². The van der Waals surface area contributed by atoms with Crippen molar-refractivity contribution in [3.05, 3.63) is 11.3 Å². The number of aliphatic carboxylic acids is 1. The lowest BCUT2D eigenvalue weighted by atomic mass is 10.2. The van der Waals surface area contributed by atoms with Gasteiger partial charge in [-0.25, -0.2) is 4.79 Å². The molecule has 0 aromatic carbocycles. The van der Waals surface area contributed by atoms with Gasteiger partial charge in [-0.2, -0.15) is 0 Å². The summed E-state index contributed by atoms with van der Waals surface area (Å²) in [6.07, 6.45) is 0.344. The summed E-state index contributed by atoms with van der Waals surface area (Å²) in [5.74, 6) is -1.12. The fourth-order valence-corrected chi connectivity index (χ4v) is 0.479. The summed E-state index contributed by atoms with van der Waals surface area (Å²) in [6, 6.07) is 0. The molecule has 0 aliphatic carbocycles. The number of hydrogen-bond acceptors (Lipinski definition) is 2. The minimum absolute atomic E-state index is 0.0602. The molecule has 0 atom stereocenters. The van der Waals surface area contributed by atoms with Crippen LogP contribution in [0, 0.1) is 0 Å². The number of carbonyl (C=O) groups excluding carboxylic acids is 1. The Labute approximate surface area is 58.5 Å². The van der Waals surface area contributed by atoms with Gasteiger partial charge in [0.25, 0.3) is 0 Å². The van der Waals surface area contributed by atoms with Crippen LogP contribution in [0.15, 0.2) is 11.3 Å². The van der Waals surface area contributed by atoms with E-state index in [1.807, 2.05) is 0 Å². The molecule has 0 radical (unpaired) electrons. The summed E-state index contributed by atoms with van der Waals surface area (Å²) in [5.41, 5.74) is 0.509. The highest BCUT2D eigenvalue weighted by atomic mass is 16.4. The zero-order valence-corrected chi connectivity index (χ0v) is 5.84. The fourth-order valence-electron chi connectivity index (χ4n) is 0.479. The number of carbonyl (C=O) groups is 2. The Hall–Kier alpha value is -1.32. The normalized spacial score (nSPS) is 8.20. The van der Waals surface area contributed by atoms with Crippen LogP contribution in [-0.4, -0.2) is 17.5 Å². The second kappa shape index (κ2) is 3.66. The average molecular weight is 143 g/mol. The van der Waals surface area contributed by atoms with E-state index in [2.05, 4.69) is 5.32 Å². The number of allylic oxidation sites excluding steroid dienone is 1. The van der Waals surface area contributed by atoms with Gasteiger partial charge in [-0.05, 0) is 19.4 Å². The minimum Gasteiger partial charge on any atom is -0.477 e. The van der Waals surface area contributed by atoms with E-state index in [0.717, 1.165) is 0 Å². The molecule has 0 heterocycles. The van der Waals surface area contributed by atoms with Crippen molar-refractivity contribution >= 4 is 12.4 Å². The lowest BCUT2D eigenvalue weighted by Gasteiger charge is -1.99. The molecule has 0 aromatic heterocycles. The first-order valence-corrected chi connectivity index (χ1v) is 2.70. The summed E-state index contributed by atoms with van der Waals surface area (Å²) in [4.78, 5) is 20.1. The van der Waals surface area contributed by atoms with Gasteiger partial charge < -0.3 is 10.4 Å². The van der Waals surface area contributed by atoms with E-state index in [1.54, 1.807) is 13.8 Å². The first kappa shape index (κ1) is 8.68. The zero-order valence-electron chi connectivity index (χ0n) is 5.84. The third-order valence-corrected chi connectivity index (χ3v) is 0.917. The van der Waals surface area contributed by atoms with Gasteiger partial charge in [-0.3, -0.25) is 4.79 Å². The van der Waals surface area contributed by atoms with E-state index in [4.69, 9.17) is 5.11 Å². The van der Waals surface area contributed by atoms with Crippen molar-refractivity contribution in [1.29, 1.82) is 0 Å². The van der Waals surface area contributed by atoms with E-state index >= 15 is 0 Å². The smallest absolute Gasteiger partial charge is 0.352 e. The van der Waals surface area contributed by atoms with Gasteiger partial charge in [0, 0.05) is 0 Å². The molecule has 0 bridgehead atoms.